The lowest BCUT2D eigenvalue weighted by molar-refractivity contribution is -0.0623. The van der Waals surface area contributed by atoms with Gasteiger partial charge in [0.2, 0.25) is 0 Å². The van der Waals surface area contributed by atoms with Crippen molar-refractivity contribution in [3.63, 3.8) is 0 Å². The van der Waals surface area contributed by atoms with Crippen molar-refractivity contribution in [3.8, 4) is 0 Å². The predicted octanol–water partition coefficient (Wildman–Crippen LogP) is 1.27. The molecule has 1 heterocycles. The maximum absolute atomic E-state index is 2.51. The second-order valence-corrected chi connectivity index (χ2v) is 4.82. The molecule has 0 aromatic heterocycles. The molecule has 1 rings (SSSR count). The molecule has 0 saturated carbocycles. The Bertz CT molecular complexity index is 150. The fourth-order valence-corrected chi connectivity index (χ4v) is 2.02. The van der Waals surface area contributed by atoms with Crippen LogP contribution in [0.25, 0.3) is 0 Å². The van der Waals surface area contributed by atoms with Crippen LogP contribution in [0.2, 0.25) is 0 Å². The Balaban J connectivity index is 2.66. The summed E-state index contributed by atoms with van der Waals surface area (Å²) in [5, 5.41) is 5.02. The number of nitrogens with zero attached hydrogens (tertiary/aromatic N) is 3. The van der Waals surface area contributed by atoms with Crippen LogP contribution in [-0.2, 0) is 0 Å². The maximum Gasteiger partial charge on any atom is 0.0264 e. The number of hydrazine groups is 1. The quantitative estimate of drug-likeness (QED) is 0.663. The Morgan fingerprint density at radius 3 is 1.36 bits per heavy atom. The first-order chi connectivity index (χ1) is 6.52. The van der Waals surface area contributed by atoms with Crippen LogP contribution >= 0.6 is 0 Å². The van der Waals surface area contributed by atoms with Crippen molar-refractivity contribution in [3.05, 3.63) is 0 Å². The zero-order valence-electron chi connectivity index (χ0n) is 10.3. The minimum atomic E-state index is 0.615. The highest BCUT2D eigenvalue weighted by Crippen LogP contribution is 2.11. The molecule has 3 heteroatoms. The largest absolute Gasteiger partial charge is 0.304 e. The molecule has 0 unspecified atom stereocenters. The SMILES string of the molecule is CC(C)N1CCN(C)CCN1C(C)C. The Morgan fingerprint density at radius 1 is 0.714 bits per heavy atom. The summed E-state index contributed by atoms with van der Waals surface area (Å²) >= 11 is 0. The predicted molar refractivity (Wildman–Crippen MR) is 61.2 cm³/mol. The van der Waals surface area contributed by atoms with Gasteiger partial charge in [0.15, 0.2) is 0 Å². The lowest BCUT2D eigenvalue weighted by atomic mass is 10.3. The second-order valence-electron chi connectivity index (χ2n) is 4.82. The molecule has 1 aliphatic heterocycles. The van der Waals surface area contributed by atoms with E-state index in [4.69, 9.17) is 0 Å². The maximum atomic E-state index is 2.51. The zero-order valence-corrected chi connectivity index (χ0v) is 10.3. The molecule has 0 atom stereocenters. The van der Waals surface area contributed by atoms with Crippen molar-refractivity contribution >= 4 is 0 Å². The fourth-order valence-electron chi connectivity index (χ4n) is 2.02. The highest BCUT2D eigenvalue weighted by Gasteiger charge is 2.24. The van der Waals surface area contributed by atoms with E-state index in [-0.39, 0.29) is 0 Å². The van der Waals surface area contributed by atoms with Gasteiger partial charge in [-0.3, -0.25) is 0 Å². The van der Waals surface area contributed by atoms with Crippen LogP contribution in [0, 0.1) is 0 Å². The molecule has 0 aromatic carbocycles. The summed E-state index contributed by atoms with van der Waals surface area (Å²) in [7, 11) is 2.21. The van der Waals surface area contributed by atoms with Crippen LogP contribution in [-0.4, -0.2) is 60.2 Å². The summed E-state index contributed by atoms with van der Waals surface area (Å²) in [5.74, 6) is 0. The highest BCUT2D eigenvalue weighted by atomic mass is 15.7. The molecule has 0 N–H and O–H groups in total. The van der Waals surface area contributed by atoms with Crippen LogP contribution in [0.15, 0.2) is 0 Å². The summed E-state index contributed by atoms with van der Waals surface area (Å²) < 4.78 is 0. The zero-order chi connectivity index (χ0) is 10.7. The van der Waals surface area contributed by atoms with Crippen LogP contribution in [0.3, 0.4) is 0 Å². The Morgan fingerprint density at radius 2 is 1.07 bits per heavy atom. The van der Waals surface area contributed by atoms with Gasteiger partial charge in [0.1, 0.15) is 0 Å². The molecular weight excluding hydrogens is 174 g/mol. The molecule has 1 fully saturated rings. The number of hydrogen-bond donors (Lipinski definition) is 0. The van der Waals surface area contributed by atoms with Crippen molar-refractivity contribution in [2.45, 2.75) is 39.8 Å². The van der Waals surface area contributed by atoms with Gasteiger partial charge in [-0.1, -0.05) is 0 Å². The van der Waals surface area contributed by atoms with E-state index in [1.807, 2.05) is 0 Å². The first-order valence-corrected chi connectivity index (χ1v) is 5.74. The van der Waals surface area contributed by atoms with Crippen molar-refractivity contribution < 1.29 is 0 Å². The van der Waals surface area contributed by atoms with Crippen molar-refractivity contribution in [2.75, 3.05) is 33.2 Å². The van der Waals surface area contributed by atoms with Crippen LogP contribution < -0.4 is 0 Å². The van der Waals surface area contributed by atoms with E-state index in [1.54, 1.807) is 0 Å². The van der Waals surface area contributed by atoms with Crippen molar-refractivity contribution in [1.29, 1.82) is 0 Å². The molecule has 14 heavy (non-hydrogen) atoms. The minimum absolute atomic E-state index is 0.615. The van der Waals surface area contributed by atoms with E-state index in [2.05, 4.69) is 49.7 Å². The first-order valence-electron chi connectivity index (χ1n) is 5.74. The van der Waals surface area contributed by atoms with Gasteiger partial charge in [0.25, 0.3) is 0 Å². The topological polar surface area (TPSA) is 9.72 Å². The number of hydrogen-bond acceptors (Lipinski definition) is 3. The summed E-state index contributed by atoms with van der Waals surface area (Å²) in [6.45, 7) is 13.8. The average molecular weight is 199 g/mol. The number of likely N-dealkylation sites (N-methyl/N-ethyl adjacent to an activating group) is 1. The molecule has 0 aromatic rings. The fraction of sp³-hybridized carbons (Fsp3) is 1.00. The standard InChI is InChI=1S/C11H25N3/c1-10(2)13-8-6-12(5)7-9-14(13)11(3)4/h10-11H,6-9H2,1-5H3. The molecule has 3 nitrogen and oxygen atoms in total. The lowest BCUT2D eigenvalue weighted by Crippen LogP contribution is -2.50. The van der Waals surface area contributed by atoms with Gasteiger partial charge in [0.05, 0.1) is 0 Å². The molecule has 1 aliphatic rings. The second kappa shape index (κ2) is 5.10. The van der Waals surface area contributed by atoms with Crippen molar-refractivity contribution in [2.24, 2.45) is 0 Å². The summed E-state index contributed by atoms with van der Waals surface area (Å²) in [5.41, 5.74) is 0. The minimum Gasteiger partial charge on any atom is -0.304 e. The van der Waals surface area contributed by atoms with E-state index >= 15 is 0 Å². The van der Waals surface area contributed by atoms with Crippen LogP contribution in [0.4, 0.5) is 0 Å². The van der Waals surface area contributed by atoms with E-state index in [9.17, 15) is 0 Å². The van der Waals surface area contributed by atoms with Gasteiger partial charge in [-0.15, -0.1) is 0 Å². The van der Waals surface area contributed by atoms with E-state index < -0.39 is 0 Å². The molecular formula is C11H25N3. The summed E-state index contributed by atoms with van der Waals surface area (Å²) in [6.07, 6.45) is 0. The molecule has 0 spiro atoms. The molecule has 0 aliphatic carbocycles. The Labute approximate surface area is 88.6 Å². The van der Waals surface area contributed by atoms with Gasteiger partial charge in [-0.2, -0.15) is 0 Å². The van der Waals surface area contributed by atoms with Gasteiger partial charge in [-0.05, 0) is 34.7 Å². The summed E-state index contributed by atoms with van der Waals surface area (Å²) in [6, 6.07) is 1.23. The molecule has 1 saturated heterocycles. The Kier molecular flexibility index (Phi) is 4.35. The highest BCUT2D eigenvalue weighted by molar-refractivity contribution is 4.72. The normalized spacial score (nSPS) is 23.4. The van der Waals surface area contributed by atoms with E-state index in [1.165, 1.54) is 13.1 Å². The van der Waals surface area contributed by atoms with Gasteiger partial charge in [-0.25, -0.2) is 10.0 Å². The van der Waals surface area contributed by atoms with E-state index in [0.29, 0.717) is 12.1 Å². The van der Waals surface area contributed by atoms with Crippen molar-refractivity contribution in [1.82, 2.24) is 14.9 Å². The molecule has 0 amide bonds. The number of rotatable bonds is 2. The summed E-state index contributed by atoms with van der Waals surface area (Å²) in [4.78, 5) is 2.41. The lowest BCUT2D eigenvalue weighted by Gasteiger charge is -2.38. The van der Waals surface area contributed by atoms with Crippen LogP contribution in [0.1, 0.15) is 27.7 Å². The van der Waals surface area contributed by atoms with Crippen LogP contribution in [0.5, 0.6) is 0 Å². The molecule has 0 radical (unpaired) electrons. The van der Waals surface area contributed by atoms with Gasteiger partial charge in [0, 0.05) is 38.3 Å². The Hall–Kier alpha value is -0.120. The smallest absolute Gasteiger partial charge is 0.0264 e. The first kappa shape index (κ1) is 12.0. The molecule has 84 valence electrons. The third-order valence-electron chi connectivity index (χ3n) is 2.94. The van der Waals surface area contributed by atoms with Gasteiger partial charge >= 0.3 is 0 Å². The third-order valence-corrected chi connectivity index (χ3v) is 2.94. The van der Waals surface area contributed by atoms with Gasteiger partial charge < -0.3 is 4.90 Å². The van der Waals surface area contributed by atoms with E-state index in [0.717, 1.165) is 13.1 Å². The average Bonchev–Trinajstić information content (AvgIpc) is 2.26. The third kappa shape index (κ3) is 2.94. The molecule has 0 bridgehead atoms. The monoisotopic (exact) mass is 199 g/mol.